The van der Waals surface area contributed by atoms with E-state index in [9.17, 15) is 14.7 Å². The topological polar surface area (TPSA) is 89.0 Å². The number of carbonyl (C=O) groups excluding carboxylic acids is 1. The first-order valence-corrected chi connectivity index (χ1v) is 6.81. The van der Waals surface area contributed by atoms with E-state index in [0.29, 0.717) is 11.4 Å². The minimum atomic E-state index is -1.11. The minimum Gasteiger partial charge on any atom is -0.481 e. The number of hydrogen-bond acceptors (Lipinski definition) is 5. The molecule has 0 saturated heterocycles. The molecule has 0 aliphatic heterocycles. The average molecular weight is 310 g/mol. The first-order chi connectivity index (χ1) is 10.1. The Morgan fingerprint density at radius 2 is 2.00 bits per heavy atom. The Morgan fingerprint density at radius 1 is 1.36 bits per heavy atom. The highest BCUT2D eigenvalue weighted by molar-refractivity contribution is 5.80. The van der Waals surface area contributed by atoms with Crippen LogP contribution >= 0.6 is 0 Å². The van der Waals surface area contributed by atoms with Crippen molar-refractivity contribution in [2.24, 2.45) is 0 Å². The monoisotopic (exact) mass is 310 g/mol. The van der Waals surface area contributed by atoms with Crippen molar-refractivity contribution in [1.29, 1.82) is 0 Å². The van der Waals surface area contributed by atoms with Gasteiger partial charge in [-0.05, 0) is 26.3 Å². The van der Waals surface area contributed by atoms with Gasteiger partial charge in [-0.2, -0.15) is 0 Å². The van der Waals surface area contributed by atoms with Gasteiger partial charge in [-0.1, -0.05) is 6.07 Å². The number of rotatable bonds is 5. The van der Waals surface area contributed by atoms with Crippen LogP contribution in [0, 0.1) is 0 Å². The molecule has 0 saturated carbocycles. The van der Waals surface area contributed by atoms with Crippen LogP contribution < -0.4 is 4.74 Å². The summed E-state index contributed by atoms with van der Waals surface area (Å²) in [5.74, 6) is -0.666. The number of ether oxygens (including phenoxy) is 2. The van der Waals surface area contributed by atoms with Crippen LogP contribution in [0.15, 0.2) is 18.3 Å². The number of aliphatic carboxylic acids is 1. The predicted octanol–water partition coefficient (Wildman–Crippen LogP) is 1.95. The van der Waals surface area contributed by atoms with Crippen LogP contribution in [0.2, 0.25) is 0 Å². The molecule has 1 unspecified atom stereocenters. The van der Waals surface area contributed by atoms with Gasteiger partial charge in [-0.25, -0.2) is 14.6 Å². The smallest absolute Gasteiger partial charge is 0.410 e. The highest BCUT2D eigenvalue weighted by Gasteiger charge is 2.30. The summed E-state index contributed by atoms with van der Waals surface area (Å²) in [5, 5.41) is 9.36. The number of hydrogen-bond donors (Lipinski definition) is 1. The molecule has 0 aliphatic carbocycles. The van der Waals surface area contributed by atoms with Crippen LogP contribution in [0.4, 0.5) is 4.79 Å². The molecule has 0 radical (unpaired) electrons. The first-order valence-electron chi connectivity index (χ1n) is 6.81. The van der Waals surface area contributed by atoms with Gasteiger partial charge in [0.1, 0.15) is 11.6 Å². The number of carbonyl (C=O) groups is 2. The van der Waals surface area contributed by atoms with E-state index in [4.69, 9.17) is 9.47 Å². The molecule has 0 aliphatic rings. The van der Waals surface area contributed by atoms with E-state index in [-0.39, 0.29) is 6.42 Å². The van der Waals surface area contributed by atoms with Crippen LogP contribution in [0.25, 0.3) is 0 Å². The normalized spacial score (nSPS) is 12.4. The molecule has 1 atom stereocenters. The lowest BCUT2D eigenvalue weighted by Gasteiger charge is -2.28. The molecule has 1 aromatic rings. The summed E-state index contributed by atoms with van der Waals surface area (Å²) >= 11 is 0. The summed E-state index contributed by atoms with van der Waals surface area (Å²) < 4.78 is 10.1. The maximum atomic E-state index is 12.0. The second kappa shape index (κ2) is 7.11. The zero-order valence-corrected chi connectivity index (χ0v) is 13.5. The fraction of sp³-hybridized carbons (Fsp3) is 0.533. The molecule has 7 heteroatoms. The van der Waals surface area contributed by atoms with E-state index in [2.05, 4.69) is 4.98 Å². The fourth-order valence-corrected chi connectivity index (χ4v) is 1.73. The van der Waals surface area contributed by atoms with Gasteiger partial charge in [0.25, 0.3) is 0 Å². The van der Waals surface area contributed by atoms with E-state index >= 15 is 0 Å². The highest BCUT2D eigenvalue weighted by atomic mass is 16.6. The van der Waals surface area contributed by atoms with Gasteiger partial charge in [0.05, 0.1) is 7.11 Å². The third-order valence-corrected chi connectivity index (χ3v) is 2.87. The van der Waals surface area contributed by atoms with Gasteiger partial charge in [-0.3, -0.25) is 4.90 Å². The first kappa shape index (κ1) is 17.7. The molecule has 1 aromatic heterocycles. The molecule has 0 aromatic carbocycles. The van der Waals surface area contributed by atoms with E-state index in [1.807, 2.05) is 0 Å². The molecular weight excluding hydrogens is 288 g/mol. The molecule has 0 spiro atoms. The summed E-state index contributed by atoms with van der Waals surface area (Å²) in [6.07, 6.45) is 0.973. The Bertz CT molecular complexity index is 522. The number of carboxylic acid groups (broad SMARTS) is 1. The number of nitrogens with zero attached hydrogens (tertiary/aromatic N) is 2. The summed E-state index contributed by atoms with van der Waals surface area (Å²) in [4.78, 5) is 28.5. The molecule has 122 valence electrons. The van der Waals surface area contributed by atoms with Crippen molar-refractivity contribution in [2.75, 3.05) is 14.2 Å². The summed E-state index contributed by atoms with van der Waals surface area (Å²) in [7, 11) is 2.90. The van der Waals surface area contributed by atoms with E-state index in [0.717, 1.165) is 4.90 Å². The van der Waals surface area contributed by atoms with Gasteiger partial charge in [0, 0.05) is 25.7 Å². The molecule has 0 fully saturated rings. The summed E-state index contributed by atoms with van der Waals surface area (Å²) in [6.45, 7) is 5.17. The molecule has 1 heterocycles. The molecule has 22 heavy (non-hydrogen) atoms. The Hall–Kier alpha value is -2.31. The lowest BCUT2D eigenvalue weighted by molar-refractivity contribution is -0.142. The molecule has 7 nitrogen and oxygen atoms in total. The van der Waals surface area contributed by atoms with Crippen molar-refractivity contribution in [3.63, 3.8) is 0 Å². The van der Waals surface area contributed by atoms with Crippen LogP contribution in [0.1, 0.15) is 26.3 Å². The SMILES string of the molecule is COc1ccc(CC(C(=O)O)N(C)C(=O)OC(C)(C)C)cn1. The van der Waals surface area contributed by atoms with Crippen LogP contribution in [0.3, 0.4) is 0 Å². The van der Waals surface area contributed by atoms with Gasteiger partial charge < -0.3 is 14.6 Å². The van der Waals surface area contributed by atoms with E-state index in [1.165, 1.54) is 20.4 Å². The Labute approximate surface area is 129 Å². The van der Waals surface area contributed by atoms with Crippen molar-refractivity contribution in [3.05, 3.63) is 23.9 Å². The standard InChI is InChI=1S/C15H22N2O5/c1-15(2,3)22-14(20)17(4)11(13(18)19)8-10-6-7-12(21-5)16-9-10/h6-7,9,11H,8H2,1-5H3,(H,18,19). The molecule has 1 N–H and O–H groups in total. The fourth-order valence-electron chi connectivity index (χ4n) is 1.73. The minimum absolute atomic E-state index is 0.127. The zero-order valence-electron chi connectivity index (χ0n) is 13.5. The lowest BCUT2D eigenvalue weighted by atomic mass is 10.1. The quantitative estimate of drug-likeness (QED) is 0.894. The third kappa shape index (κ3) is 5.23. The summed E-state index contributed by atoms with van der Waals surface area (Å²) in [6, 6.07) is 2.32. The average Bonchev–Trinajstić information content (AvgIpc) is 2.42. The second-order valence-corrected chi connectivity index (χ2v) is 5.86. The van der Waals surface area contributed by atoms with Crippen LogP contribution in [-0.2, 0) is 16.0 Å². The molecule has 1 amide bonds. The highest BCUT2D eigenvalue weighted by Crippen LogP contribution is 2.15. The number of amides is 1. The maximum absolute atomic E-state index is 12.0. The third-order valence-electron chi connectivity index (χ3n) is 2.87. The van der Waals surface area contributed by atoms with E-state index < -0.39 is 23.7 Å². The van der Waals surface area contributed by atoms with Crippen LogP contribution in [-0.4, -0.2) is 52.9 Å². The van der Waals surface area contributed by atoms with E-state index in [1.54, 1.807) is 32.9 Å². The van der Waals surface area contributed by atoms with Crippen molar-refractivity contribution >= 4 is 12.1 Å². The van der Waals surface area contributed by atoms with Gasteiger partial charge in [0.15, 0.2) is 0 Å². The second-order valence-electron chi connectivity index (χ2n) is 5.86. The summed E-state index contributed by atoms with van der Waals surface area (Å²) in [5.41, 5.74) is -0.000562. The maximum Gasteiger partial charge on any atom is 0.410 e. The number of likely N-dealkylation sites (N-methyl/N-ethyl adjacent to an activating group) is 1. The zero-order chi connectivity index (χ0) is 16.9. The van der Waals surface area contributed by atoms with Gasteiger partial charge in [-0.15, -0.1) is 0 Å². The predicted molar refractivity (Wildman–Crippen MR) is 79.9 cm³/mol. The van der Waals surface area contributed by atoms with Crippen molar-refractivity contribution in [2.45, 2.75) is 38.8 Å². The van der Waals surface area contributed by atoms with Crippen LogP contribution in [0.5, 0.6) is 5.88 Å². The lowest BCUT2D eigenvalue weighted by Crippen LogP contribution is -2.46. The van der Waals surface area contributed by atoms with Crippen molar-refractivity contribution in [3.8, 4) is 5.88 Å². The molecular formula is C15H22N2O5. The van der Waals surface area contributed by atoms with Gasteiger partial charge in [0.2, 0.25) is 5.88 Å². The molecule has 0 bridgehead atoms. The Morgan fingerprint density at radius 3 is 2.41 bits per heavy atom. The van der Waals surface area contributed by atoms with Crippen molar-refractivity contribution < 1.29 is 24.2 Å². The Balaban J connectivity index is 2.84. The largest absolute Gasteiger partial charge is 0.481 e. The number of pyridine rings is 1. The number of methoxy groups -OCH3 is 1. The number of aromatic nitrogens is 1. The molecule has 1 rings (SSSR count). The van der Waals surface area contributed by atoms with Gasteiger partial charge >= 0.3 is 12.1 Å². The Kier molecular flexibility index (Phi) is 5.73. The number of carboxylic acids is 1. The van der Waals surface area contributed by atoms with Crippen molar-refractivity contribution in [1.82, 2.24) is 9.88 Å².